The van der Waals surface area contributed by atoms with Gasteiger partial charge in [-0.15, -0.1) is 0 Å². The van der Waals surface area contributed by atoms with Crippen LogP contribution in [0.4, 0.5) is 5.82 Å². The van der Waals surface area contributed by atoms with Gasteiger partial charge >= 0.3 is 0 Å². The molecule has 0 aliphatic carbocycles. The molecule has 20 heavy (non-hydrogen) atoms. The van der Waals surface area contributed by atoms with Crippen molar-refractivity contribution in [1.29, 1.82) is 0 Å². The largest absolute Gasteiger partial charge is 0.347 e. The molecule has 4 nitrogen and oxygen atoms in total. The van der Waals surface area contributed by atoms with Crippen molar-refractivity contribution in [2.75, 3.05) is 5.32 Å². The zero-order valence-corrected chi connectivity index (χ0v) is 11.5. The smallest absolute Gasteiger partial charge is 0.137 e. The molecule has 0 bridgehead atoms. The predicted molar refractivity (Wildman–Crippen MR) is 82.5 cm³/mol. The van der Waals surface area contributed by atoms with Gasteiger partial charge < -0.3 is 10.3 Å². The van der Waals surface area contributed by atoms with Crippen molar-refractivity contribution < 1.29 is 0 Å². The fourth-order valence-corrected chi connectivity index (χ4v) is 2.15. The van der Waals surface area contributed by atoms with Gasteiger partial charge in [-0.05, 0) is 43.8 Å². The van der Waals surface area contributed by atoms with Gasteiger partial charge in [-0.25, -0.2) is 9.97 Å². The molecule has 2 N–H and O–H groups in total. The van der Waals surface area contributed by atoms with E-state index < -0.39 is 0 Å². The summed E-state index contributed by atoms with van der Waals surface area (Å²) in [6, 6.07) is 6.17. The number of rotatable bonds is 3. The first-order chi connectivity index (χ1) is 9.78. The van der Waals surface area contributed by atoms with Crippen LogP contribution in [0.3, 0.4) is 0 Å². The molecule has 0 aliphatic rings. The molecule has 0 saturated heterocycles. The topological polar surface area (TPSA) is 53.6 Å². The number of aromatic nitrogens is 3. The molecule has 0 atom stereocenters. The van der Waals surface area contributed by atoms with Gasteiger partial charge in [0.25, 0.3) is 0 Å². The molecular formula is C16H16N4. The third-order valence-electron chi connectivity index (χ3n) is 3.14. The van der Waals surface area contributed by atoms with E-state index in [-0.39, 0.29) is 0 Å². The van der Waals surface area contributed by atoms with Crippen LogP contribution < -0.4 is 5.32 Å². The molecule has 0 spiro atoms. The number of pyridine rings is 2. The maximum atomic E-state index is 4.40. The Kier molecular flexibility index (Phi) is 3.21. The van der Waals surface area contributed by atoms with Gasteiger partial charge in [0.2, 0.25) is 0 Å². The first-order valence-electron chi connectivity index (χ1n) is 6.56. The van der Waals surface area contributed by atoms with Crippen LogP contribution >= 0.6 is 0 Å². The van der Waals surface area contributed by atoms with E-state index in [1.165, 1.54) is 0 Å². The Hall–Kier alpha value is -2.62. The summed E-state index contributed by atoms with van der Waals surface area (Å²) >= 11 is 0. The monoisotopic (exact) mass is 264 g/mol. The second kappa shape index (κ2) is 5.17. The molecule has 3 aromatic heterocycles. The lowest BCUT2D eigenvalue weighted by molar-refractivity contribution is 1.29. The van der Waals surface area contributed by atoms with Crippen LogP contribution in [0, 0.1) is 6.92 Å². The molecule has 0 aromatic carbocycles. The van der Waals surface area contributed by atoms with Crippen LogP contribution in [0.15, 0.2) is 49.1 Å². The highest BCUT2D eigenvalue weighted by Gasteiger charge is 2.07. The summed E-state index contributed by atoms with van der Waals surface area (Å²) in [5.41, 5.74) is 4.26. The minimum absolute atomic E-state index is 0.834. The molecule has 3 heterocycles. The van der Waals surface area contributed by atoms with Crippen molar-refractivity contribution >= 4 is 16.9 Å². The molecule has 3 aromatic rings. The summed E-state index contributed by atoms with van der Waals surface area (Å²) < 4.78 is 0. The number of allylic oxidation sites excluding steroid dienone is 1. The summed E-state index contributed by atoms with van der Waals surface area (Å²) in [4.78, 5) is 12.0. The van der Waals surface area contributed by atoms with Crippen molar-refractivity contribution in [2.24, 2.45) is 0 Å². The predicted octanol–water partition coefficient (Wildman–Crippen LogP) is 3.88. The number of H-pyrrole nitrogens is 1. The summed E-state index contributed by atoms with van der Waals surface area (Å²) in [5, 5.41) is 4.23. The number of nitrogens with one attached hydrogen (secondary N) is 2. The Balaban J connectivity index is 2.00. The molecule has 0 saturated carbocycles. The lowest BCUT2D eigenvalue weighted by Crippen LogP contribution is -1.90. The highest BCUT2D eigenvalue weighted by molar-refractivity contribution is 5.93. The summed E-state index contributed by atoms with van der Waals surface area (Å²) in [5.74, 6) is 0.834. The molecule has 3 rings (SSSR count). The average molecular weight is 264 g/mol. The fourth-order valence-electron chi connectivity index (χ4n) is 2.15. The van der Waals surface area contributed by atoms with E-state index in [1.54, 1.807) is 0 Å². The third kappa shape index (κ3) is 2.28. The molecule has 100 valence electrons. The van der Waals surface area contributed by atoms with Crippen molar-refractivity contribution in [3.8, 4) is 11.1 Å². The number of nitrogens with zero attached hydrogens (tertiary/aromatic N) is 2. The van der Waals surface area contributed by atoms with Crippen molar-refractivity contribution in [3.63, 3.8) is 0 Å². The number of hydrogen-bond acceptors (Lipinski definition) is 3. The van der Waals surface area contributed by atoms with Crippen LogP contribution in [-0.4, -0.2) is 15.0 Å². The van der Waals surface area contributed by atoms with Gasteiger partial charge in [0.05, 0.1) is 0 Å². The van der Waals surface area contributed by atoms with Crippen LogP contribution in [-0.2, 0) is 0 Å². The SMILES string of the molecule is CC=CNc1ccc(-c2c[nH]c3ncc(C)cc23)cn1. The molecule has 0 amide bonds. The normalized spacial score (nSPS) is 11.3. The Morgan fingerprint density at radius 1 is 1.20 bits per heavy atom. The van der Waals surface area contributed by atoms with Crippen LogP contribution in [0.1, 0.15) is 12.5 Å². The zero-order valence-electron chi connectivity index (χ0n) is 11.5. The number of aromatic amines is 1. The van der Waals surface area contributed by atoms with Gasteiger partial charge in [-0.2, -0.15) is 0 Å². The number of fused-ring (bicyclic) bond motifs is 1. The van der Waals surface area contributed by atoms with Gasteiger partial charge in [0, 0.05) is 35.1 Å². The Morgan fingerprint density at radius 2 is 2.10 bits per heavy atom. The molecule has 0 unspecified atom stereocenters. The summed E-state index contributed by atoms with van der Waals surface area (Å²) in [6.45, 7) is 4.01. The molecule has 0 fully saturated rings. The van der Waals surface area contributed by atoms with Crippen molar-refractivity contribution in [2.45, 2.75) is 13.8 Å². The van der Waals surface area contributed by atoms with Gasteiger partial charge in [-0.1, -0.05) is 6.08 Å². The van der Waals surface area contributed by atoms with Gasteiger partial charge in [0.1, 0.15) is 11.5 Å². The van der Waals surface area contributed by atoms with E-state index in [0.717, 1.165) is 33.5 Å². The lowest BCUT2D eigenvalue weighted by atomic mass is 10.1. The maximum Gasteiger partial charge on any atom is 0.137 e. The van der Waals surface area contributed by atoms with E-state index in [4.69, 9.17) is 0 Å². The van der Waals surface area contributed by atoms with E-state index in [2.05, 4.69) is 32.4 Å². The van der Waals surface area contributed by atoms with E-state index in [0.29, 0.717) is 0 Å². The van der Waals surface area contributed by atoms with E-state index in [9.17, 15) is 0 Å². The van der Waals surface area contributed by atoms with Crippen LogP contribution in [0.25, 0.3) is 22.2 Å². The molecule has 0 radical (unpaired) electrons. The van der Waals surface area contributed by atoms with Crippen LogP contribution in [0.5, 0.6) is 0 Å². The third-order valence-corrected chi connectivity index (χ3v) is 3.14. The van der Waals surface area contributed by atoms with Gasteiger partial charge in [0.15, 0.2) is 0 Å². The number of aryl methyl sites for hydroxylation is 1. The maximum absolute atomic E-state index is 4.40. The molecule has 4 heteroatoms. The molecular weight excluding hydrogens is 248 g/mol. The highest BCUT2D eigenvalue weighted by Crippen LogP contribution is 2.28. The Bertz CT molecular complexity index is 754. The zero-order chi connectivity index (χ0) is 13.9. The highest BCUT2D eigenvalue weighted by atomic mass is 15.0. The second-order valence-corrected chi connectivity index (χ2v) is 4.69. The first-order valence-corrected chi connectivity index (χ1v) is 6.56. The standard InChI is InChI=1S/C16H16N4/c1-3-6-17-15-5-4-12(9-18-15)14-10-20-16-13(14)7-11(2)8-19-16/h3-10H,1-2H3,(H,17,18)(H,19,20). The van der Waals surface area contributed by atoms with Gasteiger partial charge in [-0.3, -0.25) is 0 Å². The molecule has 0 aliphatic heterocycles. The average Bonchev–Trinajstić information content (AvgIpc) is 2.88. The number of anilines is 1. The lowest BCUT2D eigenvalue weighted by Gasteiger charge is -2.02. The van der Waals surface area contributed by atoms with Crippen LogP contribution in [0.2, 0.25) is 0 Å². The van der Waals surface area contributed by atoms with E-state index >= 15 is 0 Å². The first kappa shape index (κ1) is 12.4. The Labute approximate surface area is 117 Å². The number of hydrogen-bond donors (Lipinski definition) is 2. The minimum Gasteiger partial charge on any atom is -0.347 e. The second-order valence-electron chi connectivity index (χ2n) is 4.69. The fraction of sp³-hybridized carbons (Fsp3) is 0.125. The summed E-state index contributed by atoms with van der Waals surface area (Å²) in [7, 11) is 0. The van der Waals surface area contributed by atoms with E-state index in [1.807, 2.05) is 50.8 Å². The van der Waals surface area contributed by atoms with Crippen molar-refractivity contribution in [1.82, 2.24) is 15.0 Å². The van der Waals surface area contributed by atoms with Crippen molar-refractivity contribution in [3.05, 3.63) is 54.6 Å². The minimum atomic E-state index is 0.834. The summed E-state index contributed by atoms with van der Waals surface area (Å²) in [6.07, 6.45) is 9.51. The quantitative estimate of drug-likeness (QED) is 0.754. The Morgan fingerprint density at radius 3 is 2.85 bits per heavy atom.